The van der Waals surface area contributed by atoms with E-state index in [1.54, 1.807) is 48.5 Å². The maximum absolute atomic E-state index is 13.0. The van der Waals surface area contributed by atoms with Gasteiger partial charge < -0.3 is 18.9 Å². The van der Waals surface area contributed by atoms with Crippen molar-refractivity contribution in [1.29, 1.82) is 0 Å². The summed E-state index contributed by atoms with van der Waals surface area (Å²) in [5.41, 5.74) is 1.55. The third kappa shape index (κ3) is 13.2. The fourth-order valence-electron chi connectivity index (χ4n) is 4.82. The van der Waals surface area contributed by atoms with Crippen molar-refractivity contribution in [1.82, 2.24) is 0 Å². The average Bonchev–Trinajstić information content (AvgIpc) is 3.06. The van der Waals surface area contributed by atoms with Crippen LogP contribution in [0.1, 0.15) is 123 Å². The van der Waals surface area contributed by atoms with Crippen LogP contribution in [0.5, 0.6) is 11.5 Å². The maximum Gasteiger partial charge on any atom is 0.338 e. The van der Waals surface area contributed by atoms with Crippen LogP contribution in [-0.4, -0.2) is 31.8 Å². The van der Waals surface area contributed by atoms with Crippen molar-refractivity contribution in [3.63, 3.8) is 0 Å². The molecule has 0 aliphatic rings. The molecule has 1 atom stereocenters. The third-order valence-electron chi connectivity index (χ3n) is 7.50. The molecule has 0 aromatic heterocycles. The first-order valence-electron chi connectivity index (χ1n) is 16.5. The van der Waals surface area contributed by atoms with Gasteiger partial charge in [-0.05, 0) is 66.9 Å². The molecular weight excluding hydrogens is 552 g/mol. The van der Waals surface area contributed by atoms with Crippen molar-refractivity contribution in [2.75, 3.05) is 19.8 Å². The van der Waals surface area contributed by atoms with E-state index in [1.165, 1.54) is 51.4 Å². The van der Waals surface area contributed by atoms with Crippen LogP contribution in [-0.2, 0) is 9.47 Å². The van der Waals surface area contributed by atoms with Crippen LogP contribution >= 0.6 is 0 Å². The molecule has 0 bridgehead atoms. The summed E-state index contributed by atoms with van der Waals surface area (Å²) >= 11 is 0. The maximum atomic E-state index is 13.0. The molecule has 0 aliphatic carbocycles. The highest BCUT2D eigenvalue weighted by atomic mass is 16.6. The summed E-state index contributed by atoms with van der Waals surface area (Å²) in [5.74, 6) is 0.466. The zero-order valence-electron chi connectivity index (χ0n) is 26.6. The first-order chi connectivity index (χ1) is 21.6. The number of hydrogen-bond donors (Lipinski definition) is 0. The lowest BCUT2D eigenvalue weighted by Crippen LogP contribution is -2.19. The molecule has 0 saturated heterocycles. The number of carbonyl (C=O) groups is 2. The Labute approximate surface area is 264 Å². The molecule has 3 aromatic rings. The van der Waals surface area contributed by atoms with E-state index in [1.807, 2.05) is 30.3 Å². The minimum atomic E-state index is -0.754. The number of esters is 2. The van der Waals surface area contributed by atoms with Crippen molar-refractivity contribution in [3.05, 3.63) is 95.6 Å². The summed E-state index contributed by atoms with van der Waals surface area (Å²) in [6, 6.07) is 23.2. The molecule has 3 rings (SSSR count). The summed E-state index contributed by atoms with van der Waals surface area (Å²) in [4.78, 5) is 25.9. The van der Waals surface area contributed by atoms with Gasteiger partial charge in [-0.2, -0.15) is 0 Å². The zero-order valence-corrected chi connectivity index (χ0v) is 26.6. The summed E-state index contributed by atoms with van der Waals surface area (Å²) in [5, 5.41) is 0. The smallest absolute Gasteiger partial charge is 0.338 e. The van der Waals surface area contributed by atoms with Gasteiger partial charge in [0.25, 0.3) is 0 Å². The summed E-state index contributed by atoms with van der Waals surface area (Å²) in [6.45, 7) is 5.65. The van der Waals surface area contributed by atoms with Gasteiger partial charge in [0.05, 0.1) is 24.3 Å². The van der Waals surface area contributed by atoms with E-state index in [2.05, 4.69) is 13.8 Å². The molecule has 238 valence electrons. The minimum absolute atomic E-state index is 0.107. The average molecular weight is 603 g/mol. The third-order valence-corrected chi connectivity index (χ3v) is 7.50. The van der Waals surface area contributed by atoms with Crippen LogP contribution < -0.4 is 9.47 Å². The summed E-state index contributed by atoms with van der Waals surface area (Å²) in [7, 11) is 0. The van der Waals surface area contributed by atoms with E-state index < -0.39 is 18.0 Å². The van der Waals surface area contributed by atoms with Gasteiger partial charge in [0.2, 0.25) is 0 Å². The largest absolute Gasteiger partial charge is 0.494 e. The molecule has 1 unspecified atom stereocenters. The Balaban J connectivity index is 1.47. The molecule has 3 aromatic carbocycles. The Bertz CT molecular complexity index is 1190. The number of unbranched alkanes of at least 4 members (excludes halogenated alkanes) is 10. The van der Waals surface area contributed by atoms with Gasteiger partial charge in [-0.15, -0.1) is 0 Å². The lowest BCUT2D eigenvalue weighted by atomic mass is 10.1. The first kappa shape index (κ1) is 34.7. The first-order valence-corrected chi connectivity index (χ1v) is 16.5. The second-order valence-corrected chi connectivity index (χ2v) is 11.2. The minimum Gasteiger partial charge on any atom is -0.494 e. The lowest BCUT2D eigenvalue weighted by Gasteiger charge is -2.19. The van der Waals surface area contributed by atoms with Crippen LogP contribution in [0.4, 0.5) is 0 Å². The highest BCUT2D eigenvalue weighted by Gasteiger charge is 2.21. The molecule has 0 heterocycles. The molecule has 0 aliphatic heterocycles. The predicted molar refractivity (Wildman–Crippen MR) is 176 cm³/mol. The molecule has 6 nitrogen and oxygen atoms in total. The molecule has 0 N–H and O–H groups in total. The highest BCUT2D eigenvalue weighted by molar-refractivity contribution is 5.90. The molecule has 0 spiro atoms. The Hall–Kier alpha value is -3.80. The number of hydrogen-bond acceptors (Lipinski definition) is 6. The van der Waals surface area contributed by atoms with Gasteiger partial charge in [0.15, 0.2) is 6.10 Å². The van der Waals surface area contributed by atoms with Gasteiger partial charge in [0, 0.05) is 0 Å². The van der Waals surface area contributed by atoms with E-state index in [-0.39, 0.29) is 6.61 Å². The quantitative estimate of drug-likeness (QED) is 0.0842. The van der Waals surface area contributed by atoms with E-state index in [9.17, 15) is 9.59 Å². The molecule has 44 heavy (non-hydrogen) atoms. The van der Waals surface area contributed by atoms with E-state index in [4.69, 9.17) is 18.9 Å². The highest BCUT2D eigenvalue weighted by Crippen LogP contribution is 2.22. The number of benzene rings is 3. The monoisotopic (exact) mass is 602 g/mol. The molecule has 0 amide bonds. The topological polar surface area (TPSA) is 71.1 Å². The Morgan fingerprint density at radius 2 is 1.00 bits per heavy atom. The summed E-state index contributed by atoms with van der Waals surface area (Å²) < 4.78 is 23.1. The number of ether oxygens (including phenoxy) is 4. The van der Waals surface area contributed by atoms with E-state index in [0.29, 0.717) is 24.3 Å². The van der Waals surface area contributed by atoms with Crippen molar-refractivity contribution in [3.8, 4) is 11.5 Å². The van der Waals surface area contributed by atoms with Crippen LogP contribution in [0.2, 0.25) is 0 Å². The van der Waals surface area contributed by atoms with Crippen molar-refractivity contribution >= 4 is 11.9 Å². The SMILES string of the molecule is CCCCCCCCOc1ccc(C(=O)OCC(OC(=O)c2ccc(OCCCCCCCC)cc2)c2ccccc2)cc1. The van der Waals surface area contributed by atoms with Crippen molar-refractivity contribution in [2.24, 2.45) is 0 Å². The Morgan fingerprint density at radius 3 is 1.50 bits per heavy atom. The fourth-order valence-corrected chi connectivity index (χ4v) is 4.82. The number of rotatable bonds is 22. The number of carbonyl (C=O) groups excluding carboxylic acids is 2. The summed E-state index contributed by atoms with van der Waals surface area (Å²) in [6.07, 6.45) is 13.7. The fraction of sp³-hybridized carbons (Fsp3) is 0.474. The molecular formula is C38H50O6. The second-order valence-electron chi connectivity index (χ2n) is 11.2. The zero-order chi connectivity index (χ0) is 31.2. The van der Waals surface area contributed by atoms with E-state index in [0.717, 1.165) is 42.7 Å². The van der Waals surface area contributed by atoms with Gasteiger partial charge in [-0.1, -0.05) is 108 Å². The van der Waals surface area contributed by atoms with Crippen LogP contribution in [0.15, 0.2) is 78.9 Å². The molecule has 0 saturated carbocycles. The van der Waals surface area contributed by atoms with Crippen LogP contribution in [0, 0.1) is 0 Å². The van der Waals surface area contributed by atoms with Crippen LogP contribution in [0.3, 0.4) is 0 Å². The van der Waals surface area contributed by atoms with E-state index >= 15 is 0 Å². The van der Waals surface area contributed by atoms with Gasteiger partial charge in [-0.3, -0.25) is 0 Å². The second kappa shape index (κ2) is 21.0. The molecule has 0 fully saturated rings. The normalized spacial score (nSPS) is 11.5. The Morgan fingerprint density at radius 1 is 0.545 bits per heavy atom. The predicted octanol–water partition coefficient (Wildman–Crippen LogP) is 9.92. The van der Waals surface area contributed by atoms with Crippen LogP contribution in [0.25, 0.3) is 0 Å². The lowest BCUT2D eigenvalue weighted by molar-refractivity contribution is -0.00134. The van der Waals surface area contributed by atoms with Gasteiger partial charge in [-0.25, -0.2) is 9.59 Å². The standard InChI is InChI=1S/C38H50O6/c1-3-5-7-9-11-16-28-41-34-24-20-32(21-25-34)37(39)43-30-36(31-18-14-13-15-19-31)44-38(40)33-22-26-35(27-23-33)42-29-17-12-10-8-6-4-2/h13-15,18-27,36H,3-12,16-17,28-30H2,1-2H3. The molecule has 6 heteroatoms. The van der Waals surface area contributed by atoms with Gasteiger partial charge >= 0.3 is 11.9 Å². The molecule has 0 radical (unpaired) electrons. The Kier molecular flexibility index (Phi) is 16.5. The van der Waals surface area contributed by atoms with Gasteiger partial charge in [0.1, 0.15) is 18.1 Å². The van der Waals surface area contributed by atoms with Crippen molar-refractivity contribution < 1.29 is 28.5 Å². The van der Waals surface area contributed by atoms with Crippen molar-refractivity contribution in [2.45, 2.75) is 97.0 Å².